The number of carboxylic acids is 1. The number of halogens is 2. The zero-order valence-electron chi connectivity index (χ0n) is 16.7. The second kappa shape index (κ2) is 9.66. The molecule has 2 heterocycles. The highest BCUT2D eigenvalue weighted by molar-refractivity contribution is 6.36. The van der Waals surface area contributed by atoms with E-state index in [2.05, 4.69) is 9.80 Å². The molecule has 28 heavy (non-hydrogen) atoms. The van der Waals surface area contributed by atoms with Gasteiger partial charge in [0.15, 0.2) is 0 Å². The van der Waals surface area contributed by atoms with E-state index in [1.54, 1.807) is 6.92 Å². The lowest BCUT2D eigenvalue weighted by Gasteiger charge is -2.38. The van der Waals surface area contributed by atoms with E-state index < -0.39 is 5.97 Å². The van der Waals surface area contributed by atoms with Gasteiger partial charge in [-0.3, -0.25) is 9.69 Å². The van der Waals surface area contributed by atoms with Gasteiger partial charge in [-0.25, -0.2) is 0 Å². The van der Waals surface area contributed by atoms with Crippen molar-refractivity contribution in [2.45, 2.75) is 51.7 Å². The molecule has 5 nitrogen and oxygen atoms in total. The summed E-state index contributed by atoms with van der Waals surface area (Å²) < 4.78 is 6.14. The van der Waals surface area contributed by atoms with Gasteiger partial charge in [-0.2, -0.15) is 0 Å². The predicted molar refractivity (Wildman–Crippen MR) is 113 cm³/mol. The number of likely N-dealkylation sites (tertiary alicyclic amines) is 2. The first-order chi connectivity index (χ1) is 13.3. The maximum atomic E-state index is 11.1. The third kappa shape index (κ3) is 5.32. The summed E-state index contributed by atoms with van der Waals surface area (Å²) in [6.07, 6.45) is 4.33. The summed E-state index contributed by atoms with van der Waals surface area (Å²) in [6, 6.07) is 3.32. The van der Waals surface area contributed by atoms with Crippen LogP contribution in [0.5, 0.6) is 5.75 Å². The van der Waals surface area contributed by atoms with Crippen molar-refractivity contribution in [3.05, 3.63) is 27.7 Å². The normalized spacial score (nSPS) is 21.6. The summed E-state index contributed by atoms with van der Waals surface area (Å²) >= 11 is 12.5. The lowest BCUT2D eigenvalue weighted by atomic mass is 9.94. The molecule has 1 aromatic carbocycles. The van der Waals surface area contributed by atoms with Gasteiger partial charge < -0.3 is 14.7 Å². The predicted octanol–water partition coefficient (Wildman–Crippen LogP) is 4.33. The fourth-order valence-electron chi connectivity index (χ4n) is 4.16. The van der Waals surface area contributed by atoms with Gasteiger partial charge in [0.25, 0.3) is 0 Å². The van der Waals surface area contributed by atoms with Crippen LogP contribution in [-0.2, 0) is 4.79 Å². The molecule has 0 radical (unpaired) electrons. The van der Waals surface area contributed by atoms with Crippen molar-refractivity contribution >= 4 is 29.2 Å². The van der Waals surface area contributed by atoms with Crippen LogP contribution in [0.25, 0.3) is 0 Å². The molecular formula is C21H30Cl2N2O3. The number of ether oxygens (including phenoxy) is 1. The van der Waals surface area contributed by atoms with E-state index in [9.17, 15) is 4.79 Å². The smallest absolute Gasteiger partial charge is 0.320 e. The molecule has 0 aliphatic carbocycles. The number of hydrogen-bond donors (Lipinski definition) is 1. The third-order valence-corrected chi connectivity index (χ3v) is 7.06. The van der Waals surface area contributed by atoms with Crippen LogP contribution >= 0.6 is 23.2 Å². The SMILES string of the molecule is Cc1c(Cl)ccc(OC2CCN(CC3CCN(C(C)C(=O)O)CC3)CC2)c1Cl. The second-order valence-corrected chi connectivity index (χ2v) is 8.88. The molecule has 0 bridgehead atoms. The number of hydrogen-bond acceptors (Lipinski definition) is 4. The molecule has 1 aromatic rings. The number of carbonyl (C=O) groups is 1. The number of aliphatic carboxylic acids is 1. The van der Waals surface area contributed by atoms with Crippen LogP contribution in [0.4, 0.5) is 0 Å². The number of piperidine rings is 2. The lowest BCUT2D eigenvalue weighted by molar-refractivity contribution is -0.143. The van der Waals surface area contributed by atoms with E-state index in [1.807, 2.05) is 19.1 Å². The minimum absolute atomic E-state index is 0.188. The molecule has 2 aliphatic rings. The third-order valence-electron chi connectivity index (χ3n) is 6.18. The van der Waals surface area contributed by atoms with Crippen molar-refractivity contribution < 1.29 is 14.6 Å². The molecule has 3 rings (SSSR count). The summed E-state index contributed by atoms with van der Waals surface area (Å²) in [4.78, 5) is 15.7. The maximum Gasteiger partial charge on any atom is 0.320 e. The molecule has 0 saturated carbocycles. The molecule has 2 aliphatic heterocycles. The van der Waals surface area contributed by atoms with Crippen molar-refractivity contribution in [3.63, 3.8) is 0 Å². The maximum absolute atomic E-state index is 11.1. The fourth-order valence-corrected chi connectivity index (χ4v) is 4.58. The Labute approximate surface area is 177 Å². The minimum atomic E-state index is -0.725. The monoisotopic (exact) mass is 428 g/mol. The first-order valence-corrected chi connectivity index (χ1v) is 10.9. The quantitative estimate of drug-likeness (QED) is 0.730. The molecule has 2 fully saturated rings. The summed E-state index contributed by atoms with van der Waals surface area (Å²) in [6.45, 7) is 8.60. The Morgan fingerprint density at radius 1 is 1.18 bits per heavy atom. The molecule has 156 valence electrons. The van der Waals surface area contributed by atoms with Gasteiger partial charge in [0, 0.05) is 24.7 Å². The molecule has 1 N–H and O–H groups in total. The molecule has 1 atom stereocenters. The van der Waals surface area contributed by atoms with E-state index in [0.717, 1.165) is 69.7 Å². The van der Waals surface area contributed by atoms with Crippen molar-refractivity contribution in [1.82, 2.24) is 9.80 Å². The average molecular weight is 429 g/mol. The van der Waals surface area contributed by atoms with Crippen LogP contribution in [-0.4, -0.2) is 65.7 Å². The largest absolute Gasteiger partial charge is 0.489 e. The van der Waals surface area contributed by atoms with E-state index in [0.29, 0.717) is 16.0 Å². The van der Waals surface area contributed by atoms with Gasteiger partial charge in [0.1, 0.15) is 17.9 Å². The van der Waals surface area contributed by atoms with Crippen molar-refractivity contribution in [2.75, 3.05) is 32.7 Å². The Balaban J connectivity index is 1.42. The Morgan fingerprint density at radius 2 is 1.82 bits per heavy atom. The van der Waals surface area contributed by atoms with E-state index in [1.165, 1.54) is 0 Å². The van der Waals surface area contributed by atoms with E-state index >= 15 is 0 Å². The molecule has 1 unspecified atom stereocenters. The zero-order chi connectivity index (χ0) is 20.3. The summed E-state index contributed by atoms with van der Waals surface area (Å²) in [7, 11) is 0. The van der Waals surface area contributed by atoms with Crippen LogP contribution < -0.4 is 4.74 Å². The Morgan fingerprint density at radius 3 is 2.43 bits per heavy atom. The Bertz CT molecular complexity index is 684. The molecule has 0 spiro atoms. The molecule has 2 saturated heterocycles. The van der Waals surface area contributed by atoms with Gasteiger partial charge in [-0.1, -0.05) is 23.2 Å². The van der Waals surface area contributed by atoms with Crippen LogP contribution in [0.2, 0.25) is 10.0 Å². The fraction of sp³-hybridized carbons (Fsp3) is 0.667. The second-order valence-electron chi connectivity index (χ2n) is 8.10. The summed E-state index contributed by atoms with van der Waals surface area (Å²) in [5.41, 5.74) is 0.863. The van der Waals surface area contributed by atoms with Crippen LogP contribution in [0.3, 0.4) is 0 Å². The number of nitrogens with zero attached hydrogens (tertiary/aromatic N) is 2. The molecule has 0 aromatic heterocycles. The molecular weight excluding hydrogens is 399 g/mol. The summed E-state index contributed by atoms with van der Waals surface area (Å²) in [5.74, 6) is 0.654. The first kappa shape index (κ1) is 21.7. The van der Waals surface area contributed by atoms with Crippen LogP contribution in [0, 0.1) is 12.8 Å². The highest BCUT2D eigenvalue weighted by Gasteiger charge is 2.29. The van der Waals surface area contributed by atoms with Gasteiger partial charge in [0.05, 0.1) is 5.02 Å². The van der Waals surface area contributed by atoms with Crippen molar-refractivity contribution in [3.8, 4) is 5.75 Å². The Hall–Kier alpha value is -1.01. The summed E-state index contributed by atoms with van der Waals surface area (Å²) in [5, 5.41) is 10.4. The number of rotatable bonds is 6. The molecule has 7 heteroatoms. The number of carboxylic acid groups (broad SMARTS) is 1. The van der Waals surface area contributed by atoms with Crippen molar-refractivity contribution in [2.24, 2.45) is 5.92 Å². The lowest BCUT2D eigenvalue weighted by Crippen LogP contribution is -2.47. The molecule has 0 amide bonds. The van der Waals surface area contributed by atoms with E-state index in [-0.39, 0.29) is 12.1 Å². The topological polar surface area (TPSA) is 53.0 Å². The van der Waals surface area contributed by atoms with Gasteiger partial charge >= 0.3 is 5.97 Å². The Kier molecular flexibility index (Phi) is 7.48. The average Bonchev–Trinajstić information content (AvgIpc) is 2.70. The standard InChI is InChI=1S/C21H30Cl2N2O3/c1-14-18(22)3-4-19(20(14)23)28-17-7-9-24(10-8-17)13-16-5-11-25(12-6-16)15(2)21(26)27/h3-4,15-17H,5-13H2,1-2H3,(H,26,27). The highest BCUT2D eigenvalue weighted by Crippen LogP contribution is 2.34. The van der Waals surface area contributed by atoms with Crippen LogP contribution in [0.1, 0.15) is 38.2 Å². The van der Waals surface area contributed by atoms with Gasteiger partial charge in [-0.05, 0) is 76.2 Å². The van der Waals surface area contributed by atoms with Gasteiger partial charge in [0.2, 0.25) is 0 Å². The van der Waals surface area contributed by atoms with Crippen molar-refractivity contribution in [1.29, 1.82) is 0 Å². The zero-order valence-corrected chi connectivity index (χ0v) is 18.2. The minimum Gasteiger partial charge on any atom is -0.489 e. The first-order valence-electron chi connectivity index (χ1n) is 10.2. The number of benzene rings is 1. The van der Waals surface area contributed by atoms with Crippen LogP contribution in [0.15, 0.2) is 12.1 Å². The van der Waals surface area contributed by atoms with E-state index in [4.69, 9.17) is 33.0 Å². The highest BCUT2D eigenvalue weighted by atomic mass is 35.5. The van der Waals surface area contributed by atoms with Gasteiger partial charge in [-0.15, -0.1) is 0 Å².